The third-order valence-corrected chi connectivity index (χ3v) is 11.5. The van der Waals surface area contributed by atoms with Crippen molar-refractivity contribution in [3.63, 3.8) is 0 Å². The second kappa shape index (κ2) is 11.1. The Bertz CT molecular complexity index is 3310. The van der Waals surface area contributed by atoms with Gasteiger partial charge >= 0.3 is 0 Å². The Morgan fingerprint density at radius 3 is 1.69 bits per heavy atom. The molecule has 0 fully saturated rings. The molecule has 54 heavy (non-hydrogen) atoms. The summed E-state index contributed by atoms with van der Waals surface area (Å²) in [5.41, 5.74) is 17.0. The lowest BCUT2D eigenvalue weighted by Gasteiger charge is -2.11. The summed E-state index contributed by atoms with van der Waals surface area (Å²) in [6.45, 7) is 0. The van der Waals surface area contributed by atoms with Crippen LogP contribution in [-0.4, -0.2) is 14.1 Å². The Balaban J connectivity index is 1.05. The van der Waals surface area contributed by atoms with E-state index in [1.165, 1.54) is 105 Å². The fourth-order valence-corrected chi connectivity index (χ4v) is 9.12. The average molecular weight is 686 g/mol. The van der Waals surface area contributed by atoms with Gasteiger partial charge in [-0.1, -0.05) is 97.1 Å². The van der Waals surface area contributed by atoms with Gasteiger partial charge < -0.3 is 9.13 Å². The molecule has 3 aromatic heterocycles. The second-order valence-corrected chi connectivity index (χ2v) is 14.4. The molecule has 12 rings (SSSR count). The van der Waals surface area contributed by atoms with E-state index >= 15 is 0 Å². The van der Waals surface area contributed by atoms with Gasteiger partial charge in [0.2, 0.25) is 0 Å². The summed E-state index contributed by atoms with van der Waals surface area (Å²) in [6, 6.07) is 64.6. The number of benzene rings is 8. The molecule has 0 atom stereocenters. The van der Waals surface area contributed by atoms with Gasteiger partial charge in [0.15, 0.2) is 0 Å². The van der Waals surface area contributed by atoms with Crippen molar-refractivity contribution in [2.24, 2.45) is 0 Å². The van der Waals surface area contributed by atoms with Gasteiger partial charge in [-0.3, -0.25) is 4.98 Å². The number of para-hydroxylation sites is 3. The molecule has 1 aliphatic rings. The highest BCUT2D eigenvalue weighted by molar-refractivity contribution is 6.17. The summed E-state index contributed by atoms with van der Waals surface area (Å²) in [7, 11) is 0. The van der Waals surface area contributed by atoms with Gasteiger partial charge in [-0.2, -0.15) is 0 Å². The van der Waals surface area contributed by atoms with Crippen LogP contribution in [0.1, 0.15) is 0 Å². The lowest BCUT2D eigenvalue weighted by molar-refractivity contribution is 1.18. The van der Waals surface area contributed by atoms with Crippen LogP contribution in [-0.2, 0) is 0 Å². The molecule has 0 unspecified atom stereocenters. The van der Waals surface area contributed by atoms with Crippen molar-refractivity contribution >= 4 is 54.4 Å². The van der Waals surface area contributed by atoms with E-state index in [2.05, 4.69) is 190 Å². The Morgan fingerprint density at radius 2 is 0.944 bits per heavy atom. The molecule has 250 valence electrons. The Labute approximate surface area is 311 Å². The summed E-state index contributed by atoms with van der Waals surface area (Å²) in [4.78, 5) is 4.46. The molecule has 0 radical (unpaired) electrons. The number of hydrogen-bond acceptors (Lipinski definition) is 1. The number of aromatic nitrogens is 3. The average Bonchev–Trinajstić information content (AvgIpc) is 3.87. The molecule has 3 heterocycles. The second-order valence-electron chi connectivity index (χ2n) is 14.4. The van der Waals surface area contributed by atoms with Crippen LogP contribution in [0.2, 0.25) is 0 Å². The third kappa shape index (κ3) is 4.15. The number of nitrogens with zero attached hydrogens (tertiary/aromatic N) is 3. The van der Waals surface area contributed by atoms with Crippen LogP contribution in [0.5, 0.6) is 0 Å². The lowest BCUT2D eigenvalue weighted by atomic mass is 9.95. The predicted octanol–water partition coefficient (Wildman–Crippen LogP) is 13.4. The van der Waals surface area contributed by atoms with Crippen molar-refractivity contribution in [1.82, 2.24) is 14.1 Å². The quantitative estimate of drug-likeness (QED) is 0.181. The highest BCUT2D eigenvalue weighted by Gasteiger charge is 2.23. The summed E-state index contributed by atoms with van der Waals surface area (Å²) >= 11 is 0. The van der Waals surface area contributed by atoms with E-state index in [4.69, 9.17) is 0 Å². The Kier molecular flexibility index (Phi) is 6.05. The van der Waals surface area contributed by atoms with Gasteiger partial charge in [0.25, 0.3) is 0 Å². The fraction of sp³-hybridized carbons (Fsp3) is 0. The monoisotopic (exact) mass is 685 g/mol. The zero-order valence-corrected chi connectivity index (χ0v) is 29.2. The maximum Gasteiger partial charge on any atom is 0.0547 e. The standard InChI is InChI=1S/C51H31N3/c1-3-11-37(12-4-1)53-47-17-8-7-15-40(47)43-27-32(19-22-48(43)53)33-20-23-49-44(28-33)41-21-18-34(30-50(41)54(49)38-13-5-2-6-14-38)36-26-35-10-9-16-42-46-31-52-25-24-39(46)45(29-36)51(35)42/h1-31H. The van der Waals surface area contributed by atoms with Gasteiger partial charge in [-0.25, -0.2) is 0 Å². The maximum absolute atomic E-state index is 4.46. The van der Waals surface area contributed by atoms with Crippen molar-refractivity contribution in [3.8, 4) is 55.9 Å². The first-order chi connectivity index (χ1) is 26.8. The molecule has 8 aromatic carbocycles. The van der Waals surface area contributed by atoms with E-state index in [9.17, 15) is 0 Å². The summed E-state index contributed by atoms with van der Waals surface area (Å²) in [5, 5.41) is 7.58. The number of fused-ring (bicyclic) bond motifs is 9. The zero-order chi connectivity index (χ0) is 35.3. The molecular formula is C51H31N3. The van der Waals surface area contributed by atoms with Crippen LogP contribution in [0.3, 0.4) is 0 Å². The molecule has 3 heteroatoms. The normalized spacial score (nSPS) is 12.1. The van der Waals surface area contributed by atoms with Crippen LogP contribution in [0.4, 0.5) is 0 Å². The molecule has 0 amide bonds. The first-order valence-corrected chi connectivity index (χ1v) is 18.5. The van der Waals surface area contributed by atoms with Crippen LogP contribution in [0.15, 0.2) is 188 Å². The summed E-state index contributed by atoms with van der Waals surface area (Å²) < 4.78 is 4.80. The Hall–Kier alpha value is -7.23. The molecular weight excluding hydrogens is 655 g/mol. The molecule has 0 aliphatic heterocycles. The van der Waals surface area contributed by atoms with Crippen molar-refractivity contribution < 1.29 is 0 Å². The van der Waals surface area contributed by atoms with Crippen molar-refractivity contribution in [3.05, 3.63) is 188 Å². The Morgan fingerprint density at radius 1 is 0.333 bits per heavy atom. The highest BCUT2D eigenvalue weighted by atomic mass is 15.0. The van der Waals surface area contributed by atoms with E-state index in [0.717, 1.165) is 5.69 Å². The van der Waals surface area contributed by atoms with Crippen LogP contribution in [0.25, 0.3) is 110 Å². The van der Waals surface area contributed by atoms with Gasteiger partial charge in [0.1, 0.15) is 0 Å². The van der Waals surface area contributed by atoms with E-state index < -0.39 is 0 Å². The topological polar surface area (TPSA) is 22.8 Å². The SMILES string of the molecule is c1ccc(-n2c3ccccc3c3cc(-c4ccc5c(c4)c4ccc(-c6cc7c8c(cccc8c6)-c6cnccc6-7)cc4n5-c4ccccc4)ccc32)cc1. The fourth-order valence-electron chi connectivity index (χ4n) is 9.12. The minimum atomic E-state index is 1.15. The van der Waals surface area contributed by atoms with Gasteiger partial charge in [0.05, 0.1) is 22.1 Å². The largest absolute Gasteiger partial charge is 0.309 e. The molecule has 1 aliphatic carbocycles. The predicted molar refractivity (Wildman–Crippen MR) is 226 cm³/mol. The molecule has 0 N–H and O–H groups in total. The van der Waals surface area contributed by atoms with Crippen molar-refractivity contribution in [2.45, 2.75) is 0 Å². The maximum atomic E-state index is 4.46. The molecule has 11 aromatic rings. The molecule has 0 spiro atoms. The zero-order valence-electron chi connectivity index (χ0n) is 29.2. The number of hydrogen-bond donors (Lipinski definition) is 0. The summed E-state index contributed by atoms with van der Waals surface area (Å²) in [5.74, 6) is 0. The minimum Gasteiger partial charge on any atom is -0.309 e. The van der Waals surface area contributed by atoms with Crippen molar-refractivity contribution in [2.75, 3.05) is 0 Å². The summed E-state index contributed by atoms with van der Waals surface area (Å²) in [6.07, 6.45) is 3.91. The van der Waals surface area contributed by atoms with E-state index in [1.54, 1.807) is 0 Å². The van der Waals surface area contributed by atoms with E-state index in [-0.39, 0.29) is 0 Å². The van der Waals surface area contributed by atoms with Gasteiger partial charge in [-0.15, -0.1) is 0 Å². The van der Waals surface area contributed by atoms with Gasteiger partial charge in [0, 0.05) is 50.9 Å². The first-order valence-electron chi connectivity index (χ1n) is 18.5. The minimum absolute atomic E-state index is 1.15. The van der Waals surface area contributed by atoms with E-state index in [1.807, 2.05) is 12.4 Å². The highest BCUT2D eigenvalue weighted by Crippen LogP contribution is 2.48. The third-order valence-electron chi connectivity index (χ3n) is 11.5. The molecule has 0 bridgehead atoms. The van der Waals surface area contributed by atoms with E-state index in [0.29, 0.717) is 0 Å². The number of rotatable bonds is 4. The lowest BCUT2D eigenvalue weighted by Crippen LogP contribution is -1.93. The van der Waals surface area contributed by atoms with Crippen LogP contribution < -0.4 is 0 Å². The molecule has 0 saturated carbocycles. The number of pyridine rings is 1. The first kappa shape index (κ1) is 29.4. The molecule has 0 saturated heterocycles. The van der Waals surface area contributed by atoms with Crippen LogP contribution >= 0.6 is 0 Å². The van der Waals surface area contributed by atoms with Crippen molar-refractivity contribution in [1.29, 1.82) is 0 Å². The molecule has 3 nitrogen and oxygen atoms in total. The smallest absolute Gasteiger partial charge is 0.0547 e. The van der Waals surface area contributed by atoms with Gasteiger partial charge in [-0.05, 0) is 129 Å². The van der Waals surface area contributed by atoms with Crippen LogP contribution in [0, 0.1) is 0 Å².